The van der Waals surface area contributed by atoms with E-state index >= 15 is 0 Å². The molecule has 38 heavy (non-hydrogen) atoms. The van der Waals surface area contributed by atoms with E-state index in [2.05, 4.69) is 29.4 Å². The van der Waals surface area contributed by atoms with E-state index in [1.165, 1.54) is 23.8 Å². The van der Waals surface area contributed by atoms with Gasteiger partial charge in [0.05, 0.1) is 11.9 Å². The number of allylic oxidation sites excluding steroid dienone is 5. The third-order valence-corrected chi connectivity index (χ3v) is 8.59. The van der Waals surface area contributed by atoms with Gasteiger partial charge in [-0.25, -0.2) is 17.9 Å². The summed E-state index contributed by atoms with van der Waals surface area (Å²) in [6.07, 6.45) is 10.6. The van der Waals surface area contributed by atoms with Crippen LogP contribution >= 0.6 is 11.3 Å². The highest BCUT2D eigenvalue weighted by molar-refractivity contribution is 7.11. The summed E-state index contributed by atoms with van der Waals surface area (Å²) >= 11 is 1.66. The van der Waals surface area contributed by atoms with Crippen molar-refractivity contribution in [3.63, 3.8) is 0 Å². The summed E-state index contributed by atoms with van der Waals surface area (Å²) < 4.78 is 43.4. The van der Waals surface area contributed by atoms with Gasteiger partial charge in [0.15, 0.2) is 0 Å². The van der Waals surface area contributed by atoms with E-state index in [0.717, 1.165) is 52.9 Å². The molecule has 1 aromatic carbocycles. The average molecular weight is 536 g/mol. The van der Waals surface area contributed by atoms with Gasteiger partial charge in [-0.1, -0.05) is 42.5 Å². The Hall–Kier alpha value is -3.16. The van der Waals surface area contributed by atoms with E-state index in [-0.39, 0.29) is 11.4 Å². The van der Waals surface area contributed by atoms with Crippen LogP contribution in [0.2, 0.25) is 0 Å². The lowest BCUT2D eigenvalue weighted by Crippen LogP contribution is -2.34. The standard InChI is InChI=1S/C31H32F3N3S/c1-21(29-5-4-16-38-29)31(18-22-6-8-24(9-7-22)30(2,33)34)19-23-20-36-37(27-12-10-26(32)11-13-27)28(23)17-25(31)14-15-35-3/h4-10,12,16-17,20,35H,1,11,13-15,18-19H2,2-3H3. The molecule has 1 N–H and O–H groups in total. The van der Waals surface area contributed by atoms with Gasteiger partial charge in [0.1, 0.15) is 5.83 Å². The van der Waals surface area contributed by atoms with Crippen LogP contribution in [0.15, 0.2) is 78.1 Å². The first-order valence-electron chi connectivity index (χ1n) is 12.9. The third-order valence-electron chi connectivity index (χ3n) is 7.66. The summed E-state index contributed by atoms with van der Waals surface area (Å²) in [6.45, 7) is 6.33. The molecule has 0 radical (unpaired) electrons. The van der Waals surface area contributed by atoms with Gasteiger partial charge in [0.2, 0.25) is 0 Å². The fourth-order valence-corrected chi connectivity index (χ4v) is 6.33. The molecule has 3 nitrogen and oxygen atoms in total. The third kappa shape index (κ3) is 5.09. The van der Waals surface area contributed by atoms with Crippen LogP contribution in [0.1, 0.15) is 53.4 Å². The number of nitrogens with zero attached hydrogens (tertiary/aromatic N) is 2. The van der Waals surface area contributed by atoms with Crippen molar-refractivity contribution in [2.75, 3.05) is 13.6 Å². The van der Waals surface area contributed by atoms with Crippen LogP contribution in [-0.4, -0.2) is 23.4 Å². The van der Waals surface area contributed by atoms with Crippen LogP contribution in [-0.2, 0) is 18.8 Å². The smallest absolute Gasteiger partial charge is 0.270 e. The molecule has 2 aliphatic rings. The van der Waals surface area contributed by atoms with Crippen molar-refractivity contribution in [1.82, 2.24) is 15.1 Å². The molecule has 0 aliphatic heterocycles. The van der Waals surface area contributed by atoms with Gasteiger partial charge in [-0.15, -0.1) is 11.3 Å². The van der Waals surface area contributed by atoms with Crippen molar-refractivity contribution in [2.45, 2.75) is 45.0 Å². The monoisotopic (exact) mass is 535 g/mol. The summed E-state index contributed by atoms with van der Waals surface area (Å²) in [4.78, 5) is 1.11. The van der Waals surface area contributed by atoms with Crippen molar-refractivity contribution in [1.29, 1.82) is 0 Å². The van der Waals surface area contributed by atoms with Crippen molar-refractivity contribution >= 4 is 28.7 Å². The molecule has 0 bridgehead atoms. The van der Waals surface area contributed by atoms with Crippen LogP contribution in [0, 0.1) is 5.41 Å². The van der Waals surface area contributed by atoms with Gasteiger partial charge in [0, 0.05) is 34.9 Å². The van der Waals surface area contributed by atoms with Gasteiger partial charge in [-0.05, 0) is 85.7 Å². The lowest BCUT2D eigenvalue weighted by atomic mass is 9.63. The fourth-order valence-electron chi connectivity index (χ4n) is 5.53. The zero-order valence-corrected chi connectivity index (χ0v) is 22.6. The number of thiophene rings is 1. The SMILES string of the molecule is C=C(c1cccs1)C1(Cc2ccc(C(C)(F)F)cc2)Cc2cnn(C3=CC=C(F)CC3)c2C=C1CCNC. The Morgan fingerprint density at radius 1 is 1.18 bits per heavy atom. The average Bonchev–Trinajstić information content (AvgIpc) is 3.57. The fraction of sp³-hybridized carbons (Fsp3) is 0.323. The van der Waals surface area contributed by atoms with Gasteiger partial charge in [-0.3, -0.25) is 0 Å². The van der Waals surface area contributed by atoms with E-state index in [0.29, 0.717) is 25.7 Å². The Kier molecular flexibility index (Phi) is 7.34. The van der Waals surface area contributed by atoms with Crippen molar-refractivity contribution in [2.24, 2.45) is 5.41 Å². The first kappa shape index (κ1) is 26.4. The molecule has 0 spiro atoms. The minimum absolute atomic E-state index is 0.0109. The van der Waals surface area contributed by atoms with Gasteiger partial charge >= 0.3 is 0 Å². The molecule has 1 atom stereocenters. The second kappa shape index (κ2) is 10.5. The van der Waals surface area contributed by atoms with Crippen LogP contribution in [0.3, 0.4) is 0 Å². The maximum atomic E-state index is 13.9. The Bertz CT molecular complexity index is 1410. The Balaban J connectivity index is 1.61. The van der Waals surface area contributed by atoms with Crippen molar-refractivity contribution in [3.05, 3.63) is 105 Å². The van der Waals surface area contributed by atoms with Gasteiger partial charge in [0.25, 0.3) is 5.92 Å². The second-order valence-corrected chi connectivity index (χ2v) is 11.2. The van der Waals surface area contributed by atoms with Gasteiger partial charge < -0.3 is 5.32 Å². The number of hydrogen-bond acceptors (Lipinski definition) is 3. The molecular formula is C31H32F3N3S. The summed E-state index contributed by atoms with van der Waals surface area (Å²) in [5.41, 5.74) is 5.90. The first-order valence-corrected chi connectivity index (χ1v) is 13.8. The normalized spacial score (nSPS) is 19.4. The summed E-state index contributed by atoms with van der Waals surface area (Å²) in [5, 5.41) is 10.1. The lowest BCUT2D eigenvalue weighted by molar-refractivity contribution is 0.0174. The number of fused-ring (bicyclic) bond motifs is 1. The Morgan fingerprint density at radius 2 is 1.97 bits per heavy atom. The molecule has 0 saturated heterocycles. The van der Waals surface area contributed by atoms with Crippen LogP contribution < -0.4 is 5.32 Å². The molecule has 0 fully saturated rings. The molecule has 2 aromatic heterocycles. The first-order chi connectivity index (χ1) is 18.2. The molecule has 5 rings (SSSR count). The summed E-state index contributed by atoms with van der Waals surface area (Å²) in [6, 6.07) is 10.8. The summed E-state index contributed by atoms with van der Waals surface area (Å²) in [5.74, 6) is -2.99. The molecule has 2 heterocycles. The highest BCUT2D eigenvalue weighted by atomic mass is 32.1. The predicted molar refractivity (Wildman–Crippen MR) is 151 cm³/mol. The zero-order valence-electron chi connectivity index (χ0n) is 21.7. The second-order valence-electron chi connectivity index (χ2n) is 10.2. The number of alkyl halides is 2. The largest absolute Gasteiger partial charge is 0.319 e. The number of halogens is 3. The van der Waals surface area contributed by atoms with E-state index in [9.17, 15) is 13.2 Å². The van der Waals surface area contributed by atoms with Crippen LogP contribution in [0.4, 0.5) is 13.2 Å². The molecule has 3 aromatic rings. The number of benzene rings is 1. The number of nitrogens with one attached hydrogen (secondary N) is 1. The minimum Gasteiger partial charge on any atom is -0.319 e. The number of hydrogen-bond donors (Lipinski definition) is 1. The molecule has 198 valence electrons. The van der Waals surface area contributed by atoms with E-state index in [1.807, 2.05) is 42.2 Å². The maximum absolute atomic E-state index is 13.9. The van der Waals surface area contributed by atoms with E-state index < -0.39 is 11.3 Å². The molecule has 0 amide bonds. The topological polar surface area (TPSA) is 29.9 Å². The zero-order chi connectivity index (χ0) is 26.9. The Morgan fingerprint density at radius 3 is 2.61 bits per heavy atom. The maximum Gasteiger partial charge on any atom is 0.270 e. The van der Waals surface area contributed by atoms with Crippen LogP contribution in [0.5, 0.6) is 0 Å². The number of rotatable bonds is 9. The van der Waals surface area contributed by atoms with E-state index in [1.54, 1.807) is 11.3 Å². The van der Waals surface area contributed by atoms with Crippen LogP contribution in [0.25, 0.3) is 17.3 Å². The summed E-state index contributed by atoms with van der Waals surface area (Å²) in [7, 11) is 1.94. The van der Waals surface area contributed by atoms with Crippen molar-refractivity contribution in [3.8, 4) is 0 Å². The molecular weight excluding hydrogens is 503 g/mol. The number of aromatic nitrogens is 2. The molecule has 0 saturated carbocycles. The lowest BCUT2D eigenvalue weighted by Gasteiger charge is -2.41. The molecule has 2 aliphatic carbocycles. The highest BCUT2D eigenvalue weighted by Gasteiger charge is 2.42. The predicted octanol–water partition coefficient (Wildman–Crippen LogP) is 8.04. The molecule has 1 unspecified atom stereocenters. The highest BCUT2D eigenvalue weighted by Crippen LogP contribution is 2.52. The van der Waals surface area contributed by atoms with Gasteiger partial charge in [-0.2, -0.15) is 5.10 Å². The van der Waals surface area contributed by atoms with Crippen molar-refractivity contribution < 1.29 is 13.2 Å². The quantitative estimate of drug-likeness (QED) is 0.301. The minimum atomic E-state index is -2.88. The Labute approximate surface area is 226 Å². The molecule has 7 heteroatoms. The van der Waals surface area contributed by atoms with E-state index in [4.69, 9.17) is 5.10 Å².